The quantitative estimate of drug-likeness (QED) is 0.300. The van der Waals surface area contributed by atoms with Crippen LogP contribution in [0.5, 0.6) is 23.0 Å². The maximum Gasteiger partial charge on any atom is 0.423 e. The van der Waals surface area contributed by atoms with Gasteiger partial charge in [0.2, 0.25) is 0 Å². The van der Waals surface area contributed by atoms with Crippen molar-refractivity contribution in [2.75, 3.05) is 14.2 Å². The summed E-state index contributed by atoms with van der Waals surface area (Å²) in [6, 6.07) is 10.0. The third kappa shape index (κ3) is 5.23. The Bertz CT molecular complexity index is 811. The maximum absolute atomic E-state index is 12.1. The first-order chi connectivity index (χ1) is 13.5. The normalized spacial score (nSPS) is 9.93. The van der Waals surface area contributed by atoms with Gasteiger partial charge < -0.3 is 18.9 Å². The molecule has 6 heteroatoms. The van der Waals surface area contributed by atoms with E-state index < -0.39 is 11.9 Å². The number of carbonyl (C=O) groups excluding carboxylic acids is 2. The zero-order valence-electron chi connectivity index (χ0n) is 15.9. The van der Waals surface area contributed by atoms with Gasteiger partial charge in [-0.2, -0.15) is 0 Å². The number of benzene rings is 2. The van der Waals surface area contributed by atoms with Gasteiger partial charge in [0.1, 0.15) is 0 Å². The van der Waals surface area contributed by atoms with Gasteiger partial charge in [0, 0.05) is 0 Å². The SMILES string of the molecule is C=CCc1ccc(OC(=O)C(=O)Oc2ccc(CC=C)cc2OC)c(OC)c1. The molecule has 0 aliphatic rings. The van der Waals surface area contributed by atoms with E-state index in [0.29, 0.717) is 24.3 Å². The molecule has 0 amide bonds. The standard InChI is InChI=1S/C22H22O6/c1-5-7-15-9-11-17(19(13-15)25-3)27-21(23)22(24)28-18-12-10-16(8-6-2)14-20(18)26-4/h5-6,9-14H,1-2,7-8H2,3-4H3. The van der Waals surface area contributed by atoms with Crippen molar-refractivity contribution in [3.05, 3.63) is 72.8 Å². The van der Waals surface area contributed by atoms with Crippen LogP contribution in [0.4, 0.5) is 0 Å². The number of hydrogen-bond donors (Lipinski definition) is 0. The molecule has 0 unspecified atom stereocenters. The van der Waals surface area contributed by atoms with E-state index in [9.17, 15) is 9.59 Å². The monoisotopic (exact) mass is 382 g/mol. The smallest absolute Gasteiger partial charge is 0.423 e. The summed E-state index contributed by atoms with van der Waals surface area (Å²) in [6.45, 7) is 7.35. The second-order valence-corrected chi connectivity index (χ2v) is 5.74. The summed E-state index contributed by atoms with van der Waals surface area (Å²) in [7, 11) is 2.89. The summed E-state index contributed by atoms with van der Waals surface area (Å²) >= 11 is 0. The second-order valence-electron chi connectivity index (χ2n) is 5.74. The summed E-state index contributed by atoms with van der Waals surface area (Å²) in [6.07, 6.45) is 4.75. The predicted molar refractivity (Wildman–Crippen MR) is 105 cm³/mol. The Morgan fingerprint density at radius 2 is 1.14 bits per heavy atom. The molecular formula is C22H22O6. The number of carbonyl (C=O) groups is 2. The molecule has 0 N–H and O–H groups in total. The minimum atomic E-state index is -1.17. The lowest BCUT2D eigenvalue weighted by molar-refractivity contribution is -0.156. The van der Waals surface area contributed by atoms with Crippen LogP contribution in [0.3, 0.4) is 0 Å². The highest BCUT2D eigenvalue weighted by atomic mass is 16.6. The van der Waals surface area contributed by atoms with Crippen LogP contribution < -0.4 is 18.9 Å². The number of hydrogen-bond acceptors (Lipinski definition) is 6. The Labute approximate surface area is 164 Å². The Hall–Kier alpha value is -3.54. The van der Waals surface area contributed by atoms with E-state index in [0.717, 1.165) is 11.1 Å². The van der Waals surface area contributed by atoms with Gasteiger partial charge in [-0.1, -0.05) is 24.3 Å². The predicted octanol–water partition coefficient (Wildman–Crippen LogP) is 3.67. The zero-order chi connectivity index (χ0) is 20.5. The van der Waals surface area contributed by atoms with Crippen molar-refractivity contribution in [1.82, 2.24) is 0 Å². The van der Waals surface area contributed by atoms with Gasteiger partial charge in [0.05, 0.1) is 14.2 Å². The molecule has 0 saturated heterocycles. The van der Waals surface area contributed by atoms with Gasteiger partial charge in [0.25, 0.3) is 0 Å². The van der Waals surface area contributed by atoms with E-state index in [2.05, 4.69) is 13.2 Å². The number of allylic oxidation sites excluding steroid dienone is 2. The molecule has 2 rings (SSSR count). The lowest BCUT2D eigenvalue weighted by Crippen LogP contribution is -2.25. The van der Waals surface area contributed by atoms with Crippen molar-refractivity contribution in [1.29, 1.82) is 0 Å². The minimum absolute atomic E-state index is 0.116. The third-order valence-electron chi connectivity index (χ3n) is 3.79. The fraction of sp³-hybridized carbons (Fsp3) is 0.182. The molecule has 0 saturated carbocycles. The molecule has 6 nitrogen and oxygen atoms in total. The van der Waals surface area contributed by atoms with Gasteiger partial charge in [-0.25, -0.2) is 9.59 Å². The van der Waals surface area contributed by atoms with Crippen LogP contribution in [0.25, 0.3) is 0 Å². The van der Waals surface area contributed by atoms with Crippen LogP contribution >= 0.6 is 0 Å². The van der Waals surface area contributed by atoms with Crippen molar-refractivity contribution in [2.24, 2.45) is 0 Å². The molecule has 2 aromatic rings. The fourth-order valence-electron chi connectivity index (χ4n) is 2.46. The highest BCUT2D eigenvalue weighted by Crippen LogP contribution is 2.30. The van der Waals surface area contributed by atoms with Crippen LogP contribution in [0.1, 0.15) is 11.1 Å². The molecule has 0 aliphatic heterocycles. The van der Waals surface area contributed by atoms with Crippen molar-refractivity contribution < 1.29 is 28.5 Å². The lowest BCUT2D eigenvalue weighted by Gasteiger charge is -2.12. The molecule has 0 aliphatic carbocycles. The van der Waals surface area contributed by atoms with Crippen LogP contribution in [0.2, 0.25) is 0 Å². The summed E-state index contributed by atoms with van der Waals surface area (Å²) in [5.74, 6) is -1.46. The van der Waals surface area contributed by atoms with Crippen molar-refractivity contribution in [3.63, 3.8) is 0 Å². The zero-order valence-corrected chi connectivity index (χ0v) is 15.9. The fourth-order valence-corrected chi connectivity index (χ4v) is 2.46. The van der Waals surface area contributed by atoms with E-state index in [4.69, 9.17) is 18.9 Å². The average Bonchev–Trinajstić information content (AvgIpc) is 2.70. The molecule has 2 aromatic carbocycles. The highest BCUT2D eigenvalue weighted by molar-refractivity contribution is 6.31. The molecule has 0 fully saturated rings. The van der Waals surface area contributed by atoms with E-state index >= 15 is 0 Å². The molecule has 0 heterocycles. The molecule has 0 aromatic heterocycles. The second kappa shape index (κ2) is 9.97. The van der Waals surface area contributed by atoms with E-state index in [1.165, 1.54) is 14.2 Å². The Morgan fingerprint density at radius 1 is 0.750 bits per heavy atom. The van der Waals surface area contributed by atoms with E-state index in [-0.39, 0.29) is 11.5 Å². The van der Waals surface area contributed by atoms with Gasteiger partial charge in [-0.05, 0) is 48.2 Å². The maximum atomic E-state index is 12.1. The first-order valence-corrected chi connectivity index (χ1v) is 8.52. The van der Waals surface area contributed by atoms with Crippen molar-refractivity contribution >= 4 is 11.9 Å². The largest absolute Gasteiger partial charge is 0.493 e. The van der Waals surface area contributed by atoms with Crippen molar-refractivity contribution in [3.8, 4) is 23.0 Å². The number of rotatable bonds is 8. The van der Waals surface area contributed by atoms with Gasteiger partial charge in [0.15, 0.2) is 23.0 Å². The van der Waals surface area contributed by atoms with E-state index in [1.807, 2.05) is 0 Å². The molecule has 0 radical (unpaired) electrons. The average molecular weight is 382 g/mol. The molecular weight excluding hydrogens is 360 g/mol. The molecule has 146 valence electrons. The van der Waals surface area contributed by atoms with Crippen molar-refractivity contribution in [2.45, 2.75) is 12.8 Å². The van der Waals surface area contributed by atoms with Gasteiger partial charge >= 0.3 is 11.9 Å². The highest BCUT2D eigenvalue weighted by Gasteiger charge is 2.23. The molecule has 0 spiro atoms. The van der Waals surface area contributed by atoms with Crippen LogP contribution in [-0.2, 0) is 22.4 Å². The molecule has 28 heavy (non-hydrogen) atoms. The third-order valence-corrected chi connectivity index (χ3v) is 3.79. The number of esters is 2. The minimum Gasteiger partial charge on any atom is -0.493 e. The summed E-state index contributed by atoms with van der Waals surface area (Å²) in [4.78, 5) is 24.3. The van der Waals surface area contributed by atoms with Gasteiger partial charge in [-0.15, -0.1) is 13.2 Å². The summed E-state index contributed by atoms with van der Waals surface area (Å²) in [5.41, 5.74) is 1.86. The van der Waals surface area contributed by atoms with Crippen LogP contribution in [-0.4, -0.2) is 26.2 Å². The first-order valence-electron chi connectivity index (χ1n) is 8.52. The first kappa shape index (κ1) is 20.8. The van der Waals surface area contributed by atoms with Gasteiger partial charge in [-0.3, -0.25) is 0 Å². The number of methoxy groups -OCH3 is 2. The van der Waals surface area contributed by atoms with Crippen LogP contribution in [0, 0.1) is 0 Å². The Kier molecular flexibility index (Phi) is 7.39. The molecule has 0 atom stereocenters. The Balaban J connectivity index is 2.12. The lowest BCUT2D eigenvalue weighted by atomic mass is 10.1. The van der Waals surface area contributed by atoms with E-state index in [1.54, 1.807) is 48.6 Å². The summed E-state index contributed by atoms with van der Waals surface area (Å²) in [5, 5.41) is 0. The number of ether oxygens (including phenoxy) is 4. The topological polar surface area (TPSA) is 71.1 Å². The molecule has 0 bridgehead atoms. The van der Waals surface area contributed by atoms with Crippen LogP contribution in [0.15, 0.2) is 61.7 Å². The Morgan fingerprint density at radius 3 is 1.46 bits per heavy atom. The summed E-state index contributed by atoms with van der Waals surface area (Å²) < 4.78 is 20.7.